The topological polar surface area (TPSA) is 82.7 Å². The van der Waals surface area contributed by atoms with E-state index in [9.17, 15) is 12.8 Å². The number of nitrogens with zero attached hydrogens (tertiary/aromatic N) is 5. The molecule has 0 aliphatic heterocycles. The van der Waals surface area contributed by atoms with Crippen LogP contribution < -0.4 is 0 Å². The van der Waals surface area contributed by atoms with E-state index in [4.69, 9.17) is 0 Å². The third-order valence-electron chi connectivity index (χ3n) is 2.80. The summed E-state index contributed by atoms with van der Waals surface area (Å²) in [6.45, 7) is 8.00. The minimum absolute atomic E-state index is 0.0144. The minimum atomic E-state index is -3.83. The molecular weight excluding hydrogens is 345 g/mol. The zero-order chi connectivity index (χ0) is 19.0. The van der Waals surface area contributed by atoms with Crippen molar-refractivity contribution in [1.29, 1.82) is 0 Å². The largest absolute Gasteiger partial charge is 0.287 e. The first-order chi connectivity index (χ1) is 12.0. The SMILES string of the molecule is CC.CC.Cn1cc(S(=O)(=O)n2cnc(-c3ccc(F)cc3)n2)cn1. The Morgan fingerprint density at radius 2 is 1.64 bits per heavy atom. The fourth-order valence-electron chi connectivity index (χ4n) is 1.74. The van der Waals surface area contributed by atoms with Crippen LogP contribution in [-0.2, 0) is 17.1 Å². The number of benzene rings is 1. The second-order valence-electron chi connectivity index (χ2n) is 4.30. The van der Waals surface area contributed by atoms with Crippen molar-refractivity contribution in [2.45, 2.75) is 32.6 Å². The molecule has 9 heteroatoms. The van der Waals surface area contributed by atoms with Crippen LogP contribution in [0.25, 0.3) is 11.4 Å². The van der Waals surface area contributed by atoms with Crippen molar-refractivity contribution in [2.24, 2.45) is 7.05 Å². The number of aromatic nitrogens is 5. The van der Waals surface area contributed by atoms with E-state index in [1.807, 2.05) is 27.7 Å². The van der Waals surface area contributed by atoms with Gasteiger partial charge in [-0.05, 0) is 24.3 Å². The van der Waals surface area contributed by atoms with E-state index in [1.165, 1.54) is 41.3 Å². The molecule has 3 aromatic rings. The first kappa shape index (κ1) is 20.5. The average molecular weight is 367 g/mol. The van der Waals surface area contributed by atoms with Crippen molar-refractivity contribution in [2.75, 3.05) is 0 Å². The molecule has 3 rings (SSSR count). The molecule has 0 saturated heterocycles. The molecule has 0 saturated carbocycles. The molecule has 1 aromatic carbocycles. The second-order valence-corrected chi connectivity index (χ2v) is 6.10. The standard InChI is InChI=1S/C12H10FN5O2S.2C2H6/c1-17-7-11(6-15-17)21(19,20)18-8-14-12(16-18)9-2-4-10(13)5-3-9;2*1-2/h2-8H,1H3;2*1-2H3. The zero-order valence-corrected chi connectivity index (χ0v) is 15.7. The highest BCUT2D eigenvalue weighted by atomic mass is 32.2. The Hall–Kier alpha value is -2.55. The van der Waals surface area contributed by atoms with Crippen LogP contribution in [0, 0.1) is 5.82 Å². The van der Waals surface area contributed by atoms with Gasteiger partial charge in [-0.3, -0.25) is 4.68 Å². The van der Waals surface area contributed by atoms with Gasteiger partial charge < -0.3 is 0 Å². The van der Waals surface area contributed by atoms with Crippen molar-refractivity contribution in [1.82, 2.24) is 24.0 Å². The predicted octanol–water partition coefficient (Wildman–Crippen LogP) is 3.11. The summed E-state index contributed by atoms with van der Waals surface area (Å²) < 4.78 is 39.6. The lowest BCUT2D eigenvalue weighted by atomic mass is 10.2. The van der Waals surface area contributed by atoms with Crippen LogP contribution in [0.4, 0.5) is 4.39 Å². The molecule has 0 aliphatic rings. The van der Waals surface area contributed by atoms with Gasteiger partial charge in [0.2, 0.25) is 0 Å². The fraction of sp³-hybridized carbons (Fsp3) is 0.312. The van der Waals surface area contributed by atoms with E-state index in [2.05, 4.69) is 15.2 Å². The Labute approximate surface area is 147 Å². The van der Waals surface area contributed by atoms with Gasteiger partial charge in [0.05, 0.1) is 6.20 Å². The molecule has 0 atom stereocenters. The van der Waals surface area contributed by atoms with Crippen LogP contribution in [0.15, 0.2) is 47.9 Å². The summed E-state index contributed by atoms with van der Waals surface area (Å²) in [6.07, 6.45) is 3.70. The summed E-state index contributed by atoms with van der Waals surface area (Å²) in [5.41, 5.74) is 0.525. The van der Waals surface area contributed by atoms with Gasteiger partial charge in [0.25, 0.3) is 10.0 Å². The normalized spacial score (nSPS) is 10.3. The van der Waals surface area contributed by atoms with Gasteiger partial charge in [0, 0.05) is 18.8 Å². The van der Waals surface area contributed by atoms with Gasteiger partial charge in [0.1, 0.15) is 17.0 Å². The molecule has 25 heavy (non-hydrogen) atoms. The van der Waals surface area contributed by atoms with Crippen molar-refractivity contribution in [3.05, 3.63) is 48.8 Å². The fourth-order valence-corrected chi connectivity index (χ4v) is 2.77. The van der Waals surface area contributed by atoms with Gasteiger partial charge in [-0.25, -0.2) is 9.37 Å². The molecule has 2 aromatic heterocycles. The summed E-state index contributed by atoms with van der Waals surface area (Å²) in [7, 11) is -2.21. The van der Waals surface area contributed by atoms with Gasteiger partial charge in [0.15, 0.2) is 5.82 Å². The molecule has 0 spiro atoms. The molecule has 136 valence electrons. The van der Waals surface area contributed by atoms with Crippen molar-refractivity contribution in [3.8, 4) is 11.4 Å². The number of hydrogen-bond acceptors (Lipinski definition) is 5. The molecule has 0 bridgehead atoms. The van der Waals surface area contributed by atoms with Gasteiger partial charge in [-0.15, -0.1) is 9.19 Å². The summed E-state index contributed by atoms with van der Waals surface area (Å²) in [5.74, 6) is -0.191. The summed E-state index contributed by atoms with van der Waals surface area (Å²) in [4.78, 5) is 3.95. The van der Waals surface area contributed by atoms with Crippen molar-refractivity contribution < 1.29 is 12.8 Å². The first-order valence-electron chi connectivity index (χ1n) is 7.88. The van der Waals surface area contributed by atoms with Crippen LogP contribution >= 0.6 is 0 Å². The van der Waals surface area contributed by atoms with Gasteiger partial charge >= 0.3 is 0 Å². The minimum Gasteiger partial charge on any atom is -0.274 e. The second kappa shape index (κ2) is 9.07. The lowest BCUT2D eigenvalue weighted by molar-refractivity contribution is 0.580. The van der Waals surface area contributed by atoms with Crippen LogP contribution in [-0.4, -0.2) is 32.4 Å². The lowest BCUT2D eigenvalue weighted by Crippen LogP contribution is -2.13. The maximum absolute atomic E-state index is 12.9. The van der Waals surface area contributed by atoms with Crippen LogP contribution in [0.3, 0.4) is 0 Å². The van der Waals surface area contributed by atoms with E-state index in [-0.39, 0.29) is 16.5 Å². The highest BCUT2D eigenvalue weighted by molar-refractivity contribution is 7.89. The Balaban J connectivity index is 0.000000730. The molecular formula is C16H22FN5O2S. The van der Waals surface area contributed by atoms with E-state index in [0.29, 0.717) is 5.56 Å². The summed E-state index contributed by atoms with van der Waals surface area (Å²) in [6, 6.07) is 5.47. The maximum Gasteiger partial charge on any atom is 0.287 e. The highest BCUT2D eigenvalue weighted by Crippen LogP contribution is 2.17. The van der Waals surface area contributed by atoms with Gasteiger partial charge in [-0.1, -0.05) is 27.7 Å². The Bertz CT molecular complexity index is 885. The third-order valence-corrected chi connectivity index (χ3v) is 4.27. The van der Waals surface area contributed by atoms with Gasteiger partial charge in [-0.2, -0.15) is 13.5 Å². The molecule has 0 radical (unpaired) electrons. The average Bonchev–Trinajstić information content (AvgIpc) is 3.29. The summed E-state index contributed by atoms with van der Waals surface area (Å²) in [5, 5.41) is 7.74. The lowest BCUT2D eigenvalue weighted by Gasteiger charge is -1.99. The van der Waals surface area contributed by atoms with Crippen molar-refractivity contribution in [3.63, 3.8) is 0 Å². The van der Waals surface area contributed by atoms with Crippen LogP contribution in [0.1, 0.15) is 27.7 Å². The Kier molecular flexibility index (Phi) is 7.43. The molecule has 7 nitrogen and oxygen atoms in total. The number of hydrogen-bond donors (Lipinski definition) is 0. The monoisotopic (exact) mass is 367 g/mol. The van der Waals surface area contributed by atoms with E-state index < -0.39 is 10.0 Å². The quantitative estimate of drug-likeness (QED) is 0.710. The molecule has 0 unspecified atom stereocenters. The highest BCUT2D eigenvalue weighted by Gasteiger charge is 2.21. The number of aryl methyl sites for hydroxylation is 1. The van der Waals surface area contributed by atoms with Crippen LogP contribution in [0.5, 0.6) is 0 Å². The van der Waals surface area contributed by atoms with Crippen LogP contribution in [0.2, 0.25) is 0 Å². The molecule has 0 amide bonds. The first-order valence-corrected chi connectivity index (χ1v) is 9.33. The molecule has 0 N–H and O–H groups in total. The van der Waals surface area contributed by atoms with E-state index in [0.717, 1.165) is 10.4 Å². The zero-order valence-electron chi connectivity index (χ0n) is 14.9. The molecule has 0 fully saturated rings. The number of rotatable bonds is 3. The van der Waals surface area contributed by atoms with E-state index >= 15 is 0 Å². The Morgan fingerprint density at radius 3 is 2.16 bits per heavy atom. The molecule has 2 heterocycles. The Morgan fingerprint density at radius 1 is 1.04 bits per heavy atom. The third kappa shape index (κ3) is 4.72. The smallest absolute Gasteiger partial charge is 0.274 e. The summed E-state index contributed by atoms with van der Waals surface area (Å²) >= 11 is 0. The maximum atomic E-state index is 12.9. The van der Waals surface area contributed by atoms with Crippen molar-refractivity contribution >= 4 is 10.0 Å². The molecule has 0 aliphatic carbocycles. The number of halogens is 1. The van der Waals surface area contributed by atoms with E-state index in [1.54, 1.807) is 7.05 Å². The predicted molar refractivity (Wildman–Crippen MR) is 93.9 cm³/mol.